The van der Waals surface area contributed by atoms with E-state index in [1.807, 2.05) is 0 Å². The third-order valence-corrected chi connectivity index (χ3v) is 5.12. The zero-order valence-corrected chi connectivity index (χ0v) is 11.9. The van der Waals surface area contributed by atoms with Crippen LogP contribution in [0.25, 0.3) is 0 Å². The van der Waals surface area contributed by atoms with Crippen molar-refractivity contribution in [1.82, 2.24) is 5.32 Å². The highest BCUT2D eigenvalue weighted by atomic mass is 16.1. The molecule has 0 heterocycles. The quantitative estimate of drug-likeness (QED) is 0.810. The minimum Gasteiger partial charge on any atom is -0.353 e. The fraction of sp³-hybridized carbons (Fsp3) is 0.933. The summed E-state index contributed by atoms with van der Waals surface area (Å²) < 4.78 is 0. The molecule has 3 heteroatoms. The van der Waals surface area contributed by atoms with E-state index in [9.17, 15) is 4.79 Å². The van der Waals surface area contributed by atoms with Crippen molar-refractivity contribution in [3.05, 3.63) is 0 Å². The zero-order chi connectivity index (χ0) is 13.2. The van der Waals surface area contributed by atoms with Crippen LogP contribution in [0, 0.1) is 17.3 Å². The molecule has 0 aromatic rings. The monoisotopic (exact) mass is 252 g/mol. The highest BCUT2D eigenvalue weighted by Crippen LogP contribution is 2.37. The maximum Gasteiger partial charge on any atom is 0.223 e. The standard InChI is InChI=1S/C15H28N2O/c1-15(2)9-3-4-13(15)17-14(18)12-7-5-11(10-16)6-8-12/h11-13H,3-10,16H2,1-2H3,(H,17,18). The Hall–Kier alpha value is -0.570. The van der Waals surface area contributed by atoms with Gasteiger partial charge in [0.05, 0.1) is 0 Å². The molecule has 0 spiro atoms. The fourth-order valence-corrected chi connectivity index (χ4v) is 3.54. The van der Waals surface area contributed by atoms with Crippen LogP contribution in [0.1, 0.15) is 58.8 Å². The molecule has 0 bridgehead atoms. The molecule has 2 rings (SSSR count). The van der Waals surface area contributed by atoms with Gasteiger partial charge in [-0.2, -0.15) is 0 Å². The first kappa shape index (κ1) is 13.9. The van der Waals surface area contributed by atoms with Gasteiger partial charge in [0.2, 0.25) is 5.91 Å². The van der Waals surface area contributed by atoms with Crippen LogP contribution in [0.3, 0.4) is 0 Å². The van der Waals surface area contributed by atoms with Crippen molar-refractivity contribution < 1.29 is 4.79 Å². The molecule has 0 aromatic heterocycles. The van der Waals surface area contributed by atoms with Crippen molar-refractivity contribution in [2.24, 2.45) is 23.0 Å². The number of carbonyl (C=O) groups is 1. The lowest BCUT2D eigenvalue weighted by Gasteiger charge is -2.32. The summed E-state index contributed by atoms with van der Waals surface area (Å²) in [5.41, 5.74) is 5.97. The van der Waals surface area contributed by atoms with Crippen molar-refractivity contribution in [3.63, 3.8) is 0 Å². The average molecular weight is 252 g/mol. The molecular weight excluding hydrogens is 224 g/mol. The van der Waals surface area contributed by atoms with Gasteiger partial charge < -0.3 is 11.1 Å². The van der Waals surface area contributed by atoms with E-state index in [1.165, 1.54) is 12.8 Å². The van der Waals surface area contributed by atoms with Crippen molar-refractivity contribution in [3.8, 4) is 0 Å². The molecule has 18 heavy (non-hydrogen) atoms. The largest absolute Gasteiger partial charge is 0.353 e. The molecule has 1 atom stereocenters. The van der Waals surface area contributed by atoms with Gasteiger partial charge in [-0.25, -0.2) is 0 Å². The minimum atomic E-state index is 0.240. The van der Waals surface area contributed by atoms with Gasteiger partial charge >= 0.3 is 0 Å². The number of nitrogens with one attached hydrogen (secondary N) is 1. The predicted octanol–water partition coefficient (Wildman–Crippen LogP) is 2.45. The first-order chi connectivity index (χ1) is 8.53. The Morgan fingerprint density at radius 1 is 1.22 bits per heavy atom. The van der Waals surface area contributed by atoms with Crippen molar-refractivity contribution in [2.45, 2.75) is 64.8 Å². The van der Waals surface area contributed by atoms with E-state index in [0.29, 0.717) is 17.9 Å². The van der Waals surface area contributed by atoms with Crippen LogP contribution in [0.2, 0.25) is 0 Å². The Morgan fingerprint density at radius 2 is 1.89 bits per heavy atom. The second-order valence-electron chi connectivity index (χ2n) is 6.90. The van der Waals surface area contributed by atoms with Gasteiger partial charge in [0.15, 0.2) is 0 Å². The number of rotatable bonds is 3. The Kier molecular flexibility index (Phi) is 4.31. The van der Waals surface area contributed by atoms with Gasteiger partial charge in [-0.05, 0) is 56.4 Å². The summed E-state index contributed by atoms with van der Waals surface area (Å²) in [5, 5.41) is 3.30. The maximum absolute atomic E-state index is 12.3. The van der Waals surface area contributed by atoms with Crippen molar-refractivity contribution in [1.29, 1.82) is 0 Å². The van der Waals surface area contributed by atoms with Gasteiger partial charge in [0.1, 0.15) is 0 Å². The molecule has 0 saturated heterocycles. The zero-order valence-electron chi connectivity index (χ0n) is 11.9. The summed E-state index contributed by atoms with van der Waals surface area (Å²) in [4.78, 5) is 12.3. The summed E-state index contributed by atoms with van der Waals surface area (Å²) >= 11 is 0. The van der Waals surface area contributed by atoms with Gasteiger partial charge in [0.25, 0.3) is 0 Å². The molecule has 2 fully saturated rings. The van der Waals surface area contributed by atoms with Crippen LogP contribution in [0.5, 0.6) is 0 Å². The van der Waals surface area contributed by atoms with Gasteiger partial charge in [-0.15, -0.1) is 0 Å². The number of carbonyl (C=O) groups excluding carboxylic acids is 1. The number of hydrogen-bond acceptors (Lipinski definition) is 2. The third kappa shape index (κ3) is 3.05. The molecular formula is C15H28N2O. The Labute approximate surface area is 111 Å². The van der Waals surface area contributed by atoms with E-state index in [-0.39, 0.29) is 11.3 Å². The lowest BCUT2D eigenvalue weighted by Crippen LogP contribution is -2.45. The summed E-state index contributed by atoms with van der Waals surface area (Å²) in [6.07, 6.45) is 7.94. The SMILES string of the molecule is CC1(C)CCCC1NC(=O)C1CCC(CN)CC1. The molecule has 0 aliphatic heterocycles. The summed E-state index contributed by atoms with van der Waals surface area (Å²) in [7, 11) is 0. The summed E-state index contributed by atoms with van der Waals surface area (Å²) in [6.45, 7) is 5.33. The van der Waals surface area contributed by atoms with Crippen molar-refractivity contribution in [2.75, 3.05) is 6.54 Å². The Morgan fingerprint density at radius 3 is 2.39 bits per heavy atom. The van der Waals surface area contributed by atoms with E-state index >= 15 is 0 Å². The Balaban J connectivity index is 1.82. The highest BCUT2D eigenvalue weighted by Gasteiger charge is 2.36. The topological polar surface area (TPSA) is 55.1 Å². The fourth-order valence-electron chi connectivity index (χ4n) is 3.54. The molecule has 3 N–H and O–H groups in total. The number of nitrogens with two attached hydrogens (primary N) is 1. The van der Waals surface area contributed by atoms with Crippen LogP contribution >= 0.6 is 0 Å². The second-order valence-corrected chi connectivity index (χ2v) is 6.90. The van der Waals surface area contributed by atoms with Crippen LogP contribution in [-0.2, 0) is 4.79 Å². The van der Waals surface area contributed by atoms with E-state index in [0.717, 1.165) is 38.6 Å². The van der Waals surface area contributed by atoms with E-state index in [1.54, 1.807) is 0 Å². The van der Waals surface area contributed by atoms with Gasteiger partial charge in [-0.1, -0.05) is 20.3 Å². The van der Waals surface area contributed by atoms with Crippen LogP contribution in [-0.4, -0.2) is 18.5 Å². The summed E-state index contributed by atoms with van der Waals surface area (Å²) in [5.74, 6) is 1.19. The smallest absolute Gasteiger partial charge is 0.223 e. The first-order valence-corrected chi connectivity index (χ1v) is 7.53. The second kappa shape index (κ2) is 5.60. The normalized spacial score (nSPS) is 35.4. The lowest BCUT2D eigenvalue weighted by molar-refractivity contribution is -0.127. The molecule has 2 aliphatic carbocycles. The molecule has 1 unspecified atom stereocenters. The highest BCUT2D eigenvalue weighted by molar-refractivity contribution is 5.79. The van der Waals surface area contributed by atoms with Crippen LogP contribution < -0.4 is 11.1 Å². The molecule has 0 aromatic carbocycles. The van der Waals surface area contributed by atoms with Crippen LogP contribution in [0.4, 0.5) is 0 Å². The van der Waals surface area contributed by atoms with E-state index < -0.39 is 0 Å². The maximum atomic E-state index is 12.3. The average Bonchev–Trinajstić information content (AvgIpc) is 2.69. The molecule has 2 aliphatic rings. The number of amides is 1. The predicted molar refractivity (Wildman–Crippen MR) is 74.1 cm³/mol. The third-order valence-electron chi connectivity index (χ3n) is 5.12. The molecule has 2 saturated carbocycles. The van der Waals surface area contributed by atoms with E-state index in [4.69, 9.17) is 5.73 Å². The first-order valence-electron chi connectivity index (χ1n) is 7.53. The van der Waals surface area contributed by atoms with Crippen LogP contribution in [0.15, 0.2) is 0 Å². The molecule has 104 valence electrons. The van der Waals surface area contributed by atoms with E-state index in [2.05, 4.69) is 19.2 Å². The molecule has 3 nitrogen and oxygen atoms in total. The van der Waals surface area contributed by atoms with Gasteiger partial charge in [-0.3, -0.25) is 4.79 Å². The number of hydrogen-bond donors (Lipinski definition) is 2. The Bertz CT molecular complexity index is 293. The lowest BCUT2D eigenvalue weighted by atomic mass is 9.81. The molecule has 1 amide bonds. The minimum absolute atomic E-state index is 0.240. The van der Waals surface area contributed by atoms with Gasteiger partial charge in [0, 0.05) is 12.0 Å². The summed E-state index contributed by atoms with van der Waals surface area (Å²) in [6, 6.07) is 0.386. The molecule has 0 radical (unpaired) electrons. The van der Waals surface area contributed by atoms with Crippen molar-refractivity contribution >= 4 is 5.91 Å².